The third kappa shape index (κ3) is 5.13. The lowest BCUT2D eigenvalue weighted by Gasteiger charge is -2.24. The predicted molar refractivity (Wildman–Crippen MR) is 83.9 cm³/mol. The second kappa shape index (κ2) is 7.88. The minimum atomic E-state index is 0.0484. The molecule has 106 valence electrons. The largest absolute Gasteiger partial charge is 0.337 e. The van der Waals surface area contributed by atoms with E-state index in [2.05, 4.69) is 27.8 Å². The van der Waals surface area contributed by atoms with Gasteiger partial charge in [0.1, 0.15) is 0 Å². The molecular formula is C14H20BrClN2O. The molecule has 0 aliphatic carbocycles. The Bertz CT molecular complexity index is 437. The molecule has 0 N–H and O–H groups in total. The number of carbonyl (C=O) groups is 1. The number of halogens is 2. The van der Waals surface area contributed by atoms with Crippen LogP contribution in [-0.2, 0) is 0 Å². The Hall–Kier alpha value is -0.580. The van der Waals surface area contributed by atoms with Crippen LogP contribution in [-0.4, -0.2) is 49.4 Å². The average molecular weight is 348 g/mol. The fourth-order valence-electron chi connectivity index (χ4n) is 1.74. The average Bonchev–Trinajstić information content (AvgIpc) is 2.33. The van der Waals surface area contributed by atoms with Gasteiger partial charge in [0.05, 0.1) is 5.56 Å². The first-order valence-electron chi connectivity index (χ1n) is 6.34. The maximum absolute atomic E-state index is 12.5. The van der Waals surface area contributed by atoms with Gasteiger partial charge < -0.3 is 9.80 Å². The Labute approximate surface area is 128 Å². The lowest BCUT2D eigenvalue weighted by molar-refractivity contribution is 0.0744. The number of nitrogens with zero attached hydrogens (tertiary/aromatic N) is 2. The van der Waals surface area contributed by atoms with E-state index in [9.17, 15) is 4.79 Å². The van der Waals surface area contributed by atoms with Gasteiger partial charge in [-0.1, -0.05) is 18.5 Å². The third-order valence-electron chi connectivity index (χ3n) is 2.76. The van der Waals surface area contributed by atoms with Gasteiger partial charge in [-0.2, -0.15) is 0 Å². The van der Waals surface area contributed by atoms with Crippen LogP contribution in [0.1, 0.15) is 23.7 Å². The Balaban J connectivity index is 2.85. The summed E-state index contributed by atoms with van der Waals surface area (Å²) in [7, 11) is 4.01. The molecule has 1 aromatic carbocycles. The highest BCUT2D eigenvalue weighted by atomic mass is 79.9. The molecule has 0 saturated carbocycles. The molecule has 0 saturated heterocycles. The van der Waals surface area contributed by atoms with Crippen LogP contribution in [0.3, 0.4) is 0 Å². The standard InChI is InChI=1S/C14H20BrClN2O/c1-4-7-18(9-8-17(2)3)14(19)12-6-5-11(16)10-13(12)15/h5-6,10H,4,7-9H2,1-3H3. The molecule has 5 heteroatoms. The molecule has 0 spiro atoms. The number of hydrogen-bond acceptors (Lipinski definition) is 2. The highest BCUT2D eigenvalue weighted by Crippen LogP contribution is 2.23. The summed E-state index contributed by atoms with van der Waals surface area (Å²) < 4.78 is 0.746. The van der Waals surface area contributed by atoms with E-state index < -0.39 is 0 Å². The highest BCUT2D eigenvalue weighted by molar-refractivity contribution is 9.10. The molecule has 0 fully saturated rings. The fourth-order valence-corrected chi connectivity index (χ4v) is 2.59. The predicted octanol–water partition coefficient (Wildman–Crippen LogP) is 3.52. The molecule has 0 heterocycles. The summed E-state index contributed by atoms with van der Waals surface area (Å²) in [5.41, 5.74) is 0.664. The number of rotatable bonds is 6. The van der Waals surface area contributed by atoms with Crippen LogP contribution in [0.4, 0.5) is 0 Å². The molecule has 1 aromatic rings. The summed E-state index contributed by atoms with van der Waals surface area (Å²) in [6, 6.07) is 5.27. The summed E-state index contributed by atoms with van der Waals surface area (Å²) in [6.07, 6.45) is 0.949. The van der Waals surface area contributed by atoms with Gasteiger partial charge in [0, 0.05) is 29.1 Å². The zero-order valence-corrected chi connectivity index (χ0v) is 14.0. The van der Waals surface area contributed by atoms with E-state index in [1.54, 1.807) is 18.2 Å². The molecule has 1 rings (SSSR count). The van der Waals surface area contributed by atoms with Crippen LogP contribution < -0.4 is 0 Å². The normalized spacial score (nSPS) is 10.8. The van der Waals surface area contributed by atoms with E-state index in [-0.39, 0.29) is 5.91 Å². The maximum Gasteiger partial charge on any atom is 0.255 e. The van der Waals surface area contributed by atoms with Gasteiger partial charge in [0.25, 0.3) is 5.91 Å². The Kier molecular flexibility index (Phi) is 6.83. The van der Waals surface area contributed by atoms with E-state index in [1.165, 1.54) is 0 Å². The number of carbonyl (C=O) groups excluding carboxylic acids is 1. The van der Waals surface area contributed by atoms with Gasteiger partial charge in [-0.15, -0.1) is 0 Å². The number of likely N-dealkylation sites (N-methyl/N-ethyl adjacent to an activating group) is 1. The first kappa shape index (κ1) is 16.5. The van der Waals surface area contributed by atoms with Crippen molar-refractivity contribution in [3.63, 3.8) is 0 Å². The van der Waals surface area contributed by atoms with E-state index >= 15 is 0 Å². The highest BCUT2D eigenvalue weighted by Gasteiger charge is 2.17. The molecule has 3 nitrogen and oxygen atoms in total. The minimum absolute atomic E-state index is 0.0484. The molecule has 0 radical (unpaired) electrons. The first-order valence-corrected chi connectivity index (χ1v) is 7.51. The van der Waals surface area contributed by atoms with Crippen molar-refractivity contribution in [1.29, 1.82) is 0 Å². The minimum Gasteiger partial charge on any atom is -0.337 e. The second-order valence-corrected chi connectivity index (χ2v) is 6.01. The number of hydrogen-bond donors (Lipinski definition) is 0. The van der Waals surface area contributed by atoms with Crippen LogP contribution in [0, 0.1) is 0 Å². The van der Waals surface area contributed by atoms with Gasteiger partial charge in [-0.3, -0.25) is 4.79 Å². The number of benzene rings is 1. The van der Waals surface area contributed by atoms with Crippen molar-refractivity contribution < 1.29 is 4.79 Å². The van der Waals surface area contributed by atoms with Crippen molar-refractivity contribution in [2.24, 2.45) is 0 Å². The maximum atomic E-state index is 12.5. The van der Waals surface area contributed by atoms with Crippen LogP contribution in [0.25, 0.3) is 0 Å². The zero-order valence-electron chi connectivity index (χ0n) is 11.6. The van der Waals surface area contributed by atoms with E-state index in [0.29, 0.717) is 10.6 Å². The van der Waals surface area contributed by atoms with Crippen molar-refractivity contribution >= 4 is 33.4 Å². The van der Waals surface area contributed by atoms with Gasteiger partial charge in [0.2, 0.25) is 0 Å². The van der Waals surface area contributed by atoms with E-state index in [0.717, 1.165) is 30.5 Å². The van der Waals surface area contributed by atoms with Crippen molar-refractivity contribution in [2.75, 3.05) is 33.7 Å². The second-order valence-electron chi connectivity index (χ2n) is 4.72. The smallest absolute Gasteiger partial charge is 0.255 e. The molecule has 1 amide bonds. The molecule has 0 unspecified atom stereocenters. The van der Waals surface area contributed by atoms with Crippen LogP contribution in [0.2, 0.25) is 5.02 Å². The molecule has 19 heavy (non-hydrogen) atoms. The zero-order chi connectivity index (χ0) is 14.4. The summed E-state index contributed by atoms with van der Waals surface area (Å²) >= 11 is 9.31. The third-order valence-corrected chi connectivity index (χ3v) is 3.65. The lowest BCUT2D eigenvalue weighted by Crippen LogP contribution is -2.37. The van der Waals surface area contributed by atoms with E-state index in [4.69, 9.17) is 11.6 Å². The SMILES string of the molecule is CCCN(CCN(C)C)C(=O)c1ccc(Cl)cc1Br. The Morgan fingerprint density at radius 2 is 1.95 bits per heavy atom. The Morgan fingerprint density at radius 1 is 1.26 bits per heavy atom. The van der Waals surface area contributed by atoms with Crippen molar-refractivity contribution in [3.05, 3.63) is 33.3 Å². The topological polar surface area (TPSA) is 23.6 Å². The van der Waals surface area contributed by atoms with Crippen LogP contribution in [0.15, 0.2) is 22.7 Å². The molecule has 0 bridgehead atoms. The molecule has 0 aliphatic rings. The summed E-state index contributed by atoms with van der Waals surface area (Å²) in [5, 5.41) is 0.624. The van der Waals surface area contributed by atoms with Gasteiger partial charge >= 0.3 is 0 Å². The fraction of sp³-hybridized carbons (Fsp3) is 0.500. The van der Waals surface area contributed by atoms with Gasteiger partial charge in [-0.05, 0) is 54.6 Å². The van der Waals surface area contributed by atoms with Crippen molar-refractivity contribution in [2.45, 2.75) is 13.3 Å². The quantitative estimate of drug-likeness (QED) is 0.786. The summed E-state index contributed by atoms with van der Waals surface area (Å²) in [6.45, 7) is 4.43. The summed E-state index contributed by atoms with van der Waals surface area (Å²) in [5.74, 6) is 0.0484. The monoisotopic (exact) mass is 346 g/mol. The van der Waals surface area contributed by atoms with Crippen molar-refractivity contribution in [3.8, 4) is 0 Å². The molecule has 0 atom stereocenters. The number of amides is 1. The van der Waals surface area contributed by atoms with Gasteiger partial charge in [0.15, 0.2) is 0 Å². The molecular weight excluding hydrogens is 328 g/mol. The molecule has 0 aliphatic heterocycles. The summed E-state index contributed by atoms with van der Waals surface area (Å²) in [4.78, 5) is 16.5. The first-order chi connectivity index (χ1) is 8.95. The van der Waals surface area contributed by atoms with E-state index in [1.807, 2.05) is 19.0 Å². The lowest BCUT2D eigenvalue weighted by atomic mass is 10.2. The Morgan fingerprint density at radius 3 is 2.47 bits per heavy atom. The van der Waals surface area contributed by atoms with Crippen LogP contribution in [0.5, 0.6) is 0 Å². The van der Waals surface area contributed by atoms with Crippen molar-refractivity contribution in [1.82, 2.24) is 9.80 Å². The molecule has 0 aromatic heterocycles. The van der Waals surface area contributed by atoms with Crippen LogP contribution >= 0.6 is 27.5 Å². The van der Waals surface area contributed by atoms with Gasteiger partial charge in [-0.25, -0.2) is 0 Å².